The third-order valence-corrected chi connectivity index (χ3v) is 4.68. The third-order valence-electron chi connectivity index (χ3n) is 3.52. The van der Waals surface area contributed by atoms with Crippen molar-refractivity contribution >= 4 is 17.3 Å². The fraction of sp³-hybridized carbons (Fsp3) is 0.286. The van der Waals surface area contributed by atoms with Crippen LogP contribution in [0.5, 0.6) is 0 Å². The largest absolute Gasteiger partial charge is 0.481 e. The Hall–Kier alpha value is -1.89. The molecule has 2 aromatic rings. The molecule has 0 radical (unpaired) electrons. The highest BCUT2D eigenvalue weighted by Gasteiger charge is 2.31. The predicted octanol–water partition coefficient (Wildman–Crippen LogP) is 3.73. The Balaban J connectivity index is 2.10. The highest BCUT2D eigenvalue weighted by molar-refractivity contribution is 7.15. The number of carboxylic acids is 1. The van der Waals surface area contributed by atoms with Gasteiger partial charge in [-0.25, -0.2) is 18.2 Å². The molecule has 7 heteroatoms. The van der Waals surface area contributed by atoms with E-state index in [1.54, 1.807) is 0 Å². The average Bonchev–Trinajstić information content (AvgIpc) is 2.88. The van der Waals surface area contributed by atoms with Crippen molar-refractivity contribution in [2.75, 3.05) is 0 Å². The highest BCUT2D eigenvalue weighted by atomic mass is 32.1. The summed E-state index contributed by atoms with van der Waals surface area (Å²) < 4.78 is 40.1. The van der Waals surface area contributed by atoms with Crippen LogP contribution in [0.15, 0.2) is 12.1 Å². The van der Waals surface area contributed by atoms with Gasteiger partial charge >= 0.3 is 5.97 Å². The van der Waals surface area contributed by atoms with E-state index in [-0.39, 0.29) is 10.6 Å². The number of hydrogen-bond donors (Lipinski definition) is 1. The molecular weight excluding hydrogens is 303 g/mol. The normalized spacial score (nSPS) is 17.6. The second kappa shape index (κ2) is 5.14. The standard InChI is InChI=1S/C14H10F3NO2S/c15-8-5-4-6(10(16)11(8)17)13-18-12-7(14(19)20)2-1-3-9(12)21-13/h4-5,7H,1-3H2,(H,19,20). The van der Waals surface area contributed by atoms with Gasteiger partial charge < -0.3 is 5.11 Å². The molecule has 0 fully saturated rings. The molecule has 21 heavy (non-hydrogen) atoms. The molecule has 0 bridgehead atoms. The Labute approximate surface area is 122 Å². The summed E-state index contributed by atoms with van der Waals surface area (Å²) in [6.07, 6.45) is 1.86. The summed E-state index contributed by atoms with van der Waals surface area (Å²) in [6.45, 7) is 0. The number of aryl methyl sites for hydroxylation is 1. The Morgan fingerprint density at radius 1 is 1.29 bits per heavy atom. The van der Waals surface area contributed by atoms with Gasteiger partial charge in [0.15, 0.2) is 17.5 Å². The van der Waals surface area contributed by atoms with Gasteiger partial charge in [0.1, 0.15) is 5.01 Å². The number of rotatable bonds is 2. The number of hydrogen-bond acceptors (Lipinski definition) is 3. The summed E-state index contributed by atoms with van der Waals surface area (Å²) in [5.41, 5.74) is 0.273. The molecular formula is C14H10F3NO2S. The summed E-state index contributed by atoms with van der Waals surface area (Å²) in [4.78, 5) is 16.1. The first-order chi connectivity index (χ1) is 9.99. The van der Waals surface area contributed by atoms with Gasteiger partial charge in [0.05, 0.1) is 11.6 Å². The number of thiazole rings is 1. The highest BCUT2D eigenvalue weighted by Crippen LogP contribution is 2.39. The lowest BCUT2D eigenvalue weighted by Crippen LogP contribution is -2.17. The second-order valence-corrected chi connectivity index (χ2v) is 5.92. The minimum absolute atomic E-state index is 0.141. The molecule has 1 heterocycles. The fourth-order valence-electron chi connectivity index (χ4n) is 2.47. The van der Waals surface area contributed by atoms with Gasteiger partial charge in [0.25, 0.3) is 0 Å². The van der Waals surface area contributed by atoms with Gasteiger partial charge in [-0.1, -0.05) is 0 Å². The van der Waals surface area contributed by atoms with Crippen molar-refractivity contribution in [2.24, 2.45) is 0 Å². The van der Waals surface area contributed by atoms with Gasteiger partial charge in [0.2, 0.25) is 0 Å². The quantitative estimate of drug-likeness (QED) is 0.859. The molecule has 0 saturated carbocycles. The van der Waals surface area contributed by atoms with Crippen LogP contribution in [0.2, 0.25) is 0 Å². The molecule has 1 aliphatic rings. The number of carboxylic acid groups (broad SMARTS) is 1. The number of aliphatic carboxylic acids is 1. The smallest absolute Gasteiger partial charge is 0.312 e. The second-order valence-electron chi connectivity index (χ2n) is 4.83. The molecule has 0 spiro atoms. The van der Waals surface area contributed by atoms with Crippen LogP contribution in [0.3, 0.4) is 0 Å². The summed E-state index contributed by atoms with van der Waals surface area (Å²) in [6, 6.07) is 1.95. The lowest BCUT2D eigenvalue weighted by Gasteiger charge is -2.16. The third kappa shape index (κ3) is 2.31. The summed E-state index contributed by atoms with van der Waals surface area (Å²) in [5, 5.41) is 9.37. The van der Waals surface area contributed by atoms with E-state index in [0.29, 0.717) is 25.0 Å². The van der Waals surface area contributed by atoms with E-state index >= 15 is 0 Å². The number of fused-ring (bicyclic) bond motifs is 1. The van der Waals surface area contributed by atoms with E-state index in [9.17, 15) is 23.1 Å². The van der Waals surface area contributed by atoms with E-state index in [1.165, 1.54) is 0 Å². The van der Waals surface area contributed by atoms with E-state index in [2.05, 4.69) is 4.98 Å². The van der Waals surface area contributed by atoms with Crippen LogP contribution >= 0.6 is 11.3 Å². The SMILES string of the molecule is O=C(O)C1CCCc2sc(-c3ccc(F)c(F)c3F)nc21. The number of carbonyl (C=O) groups is 1. The zero-order valence-corrected chi connectivity index (χ0v) is 11.5. The molecule has 110 valence electrons. The minimum Gasteiger partial charge on any atom is -0.481 e. The molecule has 0 aliphatic heterocycles. The van der Waals surface area contributed by atoms with Gasteiger partial charge in [-0.05, 0) is 31.4 Å². The van der Waals surface area contributed by atoms with E-state index < -0.39 is 29.3 Å². The van der Waals surface area contributed by atoms with Crippen molar-refractivity contribution in [2.45, 2.75) is 25.2 Å². The van der Waals surface area contributed by atoms with Crippen LogP contribution in [-0.2, 0) is 11.2 Å². The maximum atomic E-state index is 13.8. The van der Waals surface area contributed by atoms with Crippen LogP contribution in [0.25, 0.3) is 10.6 Å². The van der Waals surface area contributed by atoms with Gasteiger partial charge in [-0.2, -0.15) is 0 Å². The van der Waals surface area contributed by atoms with Crippen molar-refractivity contribution in [3.05, 3.63) is 40.2 Å². The molecule has 0 amide bonds. The Kier molecular flexibility index (Phi) is 3.44. The predicted molar refractivity (Wildman–Crippen MR) is 70.7 cm³/mol. The fourth-order valence-corrected chi connectivity index (χ4v) is 3.65. The number of nitrogens with zero attached hydrogens (tertiary/aromatic N) is 1. The lowest BCUT2D eigenvalue weighted by molar-refractivity contribution is -0.139. The minimum atomic E-state index is -1.55. The van der Waals surface area contributed by atoms with E-state index in [1.807, 2.05) is 0 Å². The van der Waals surface area contributed by atoms with E-state index in [0.717, 1.165) is 28.3 Å². The first kappa shape index (κ1) is 14.1. The molecule has 1 aromatic heterocycles. The van der Waals surface area contributed by atoms with Gasteiger partial charge in [0, 0.05) is 10.4 Å². The number of halogens is 3. The van der Waals surface area contributed by atoms with Crippen LogP contribution in [0, 0.1) is 17.5 Å². The Bertz CT molecular complexity index is 729. The summed E-state index contributed by atoms with van der Waals surface area (Å²) in [5.74, 6) is -5.80. The van der Waals surface area contributed by atoms with Gasteiger partial charge in [-0.3, -0.25) is 4.79 Å². The van der Waals surface area contributed by atoms with E-state index in [4.69, 9.17) is 0 Å². The van der Waals surface area contributed by atoms with Crippen LogP contribution in [0.4, 0.5) is 13.2 Å². The summed E-state index contributed by atoms with van der Waals surface area (Å²) in [7, 11) is 0. The Morgan fingerprint density at radius 2 is 2.05 bits per heavy atom. The number of benzene rings is 1. The van der Waals surface area contributed by atoms with Crippen molar-refractivity contribution in [1.82, 2.24) is 4.98 Å². The molecule has 0 saturated heterocycles. The van der Waals surface area contributed by atoms with Crippen LogP contribution in [-0.4, -0.2) is 16.1 Å². The molecule has 3 rings (SSSR count). The van der Waals surface area contributed by atoms with Crippen molar-refractivity contribution < 1.29 is 23.1 Å². The average molecular weight is 313 g/mol. The zero-order valence-electron chi connectivity index (χ0n) is 10.7. The molecule has 1 N–H and O–H groups in total. The lowest BCUT2D eigenvalue weighted by atomic mass is 9.91. The van der Waals surface area contributed by atoms with Crippen molar-refractivity contribution in [3.8, 4) is 10.6 Å². The molecule has 1 atom stereocenters. The topological polar surface area (TPSA) is 50.2 Å². The zero-order chi connectivity index (χ0) is 15.1. The molecule has 3 nitrogen and oxygen atoms in total. The summed E-state index contributed by atoms with van der Waals surface area (Å²) >= 11 is 1.13. The first-order valence-corrected chi connectivity index (χ1v) is 7.17. The molecule has 1 unspecified atom stereocenters. The molecule has 1 aromatic carbocycles. The van der Waals surface area contributed by atoms with Crippen molar-refractivity contribution in [3.63, 3.8) is 0 Å². The maximum Gasteiger partial charge on any atom is 0.312 e. The van der Waals surface area contributed by atoms with Crippen LogP contribution in [0.1, 0.15) is 29.3 Å². The van der Waals surface area contributed by atoms with Crippen molar-refractivity contribution in [1.29, 1.82) is 0 Å². The van der Waals surface area contributed by atoms with Crippen LogP contribution < -0.4 is 0 Å². The number of aromatic nitrogens is 1. The monoisotopic (exact) mass is 313 g/mol. The maximum absolute atomic E-state index is 13.8. The first-order valence-electron chi connectivity index (χ1n) is 6.35. The van der Waals surface area contributed by atoms with Gasteiger partial charge in [-0.15, -0.1) is 11.3 Å². The Morgan fingerprint density at radius 3 is 2.76 bits per heavy atom. The molecule has 1 aliphatic carbocycles.